The van der Waals surface area contributed by atoms with Crippen LogP contribution in [0.25, 0.3) is 0 Å². The largest absolute Gasteiger partial charge is 0.304 e. The molecule has 0 radical (unpaired) electrons. The van der Waals surface area contributed by atoms with Crippen LogP contribution >= 0.6 is 0 Å². The normalized spacial score (nSPS) is 13.5. The highest BCUT2D eigenvalue weighted by Crippen LogP contribution is 2.27. The molecule has 0 fully saturated rings. The van der Waals surface area contributed by atoms with Crippen LogP contribution in [0.2, 0.25) is 0 Å². The highest BCUT2D eigenvalue weighted by atomic mass is 32.2. The maximum atomic E-state index is 13.3. The predicted octanol–water partition coefficient (Wildman–Crippen LogP) is 5.26. The van der Waals surface area contributed by atoms with Gasteiger partial charge in [-0.15, -0.1) is 0 Å². The lowest BCUT2D eigenvalue weighted by atomic mass is 9.91. The fourth-order valence-corrected chi connectivity index (χ4v) is 5.40. The van der Waals surface area contributed by atoms with Gasteiger partial charge in [-0.3, -0.25) is 0 Å². The van der Waals surface area contributed by atoms with Gasteiger partial charge in [0.25, 0.3) is 0 Å². The summed E-state index contributed by atoms with van der Waals surface area (Å²) in [5.41, 5.74) is 2.24. The summed E-state index contributed by atoms with van der Waals surface area (Å²) in [5, 5.41) is 3.64. The zero-order valence-corrected chi connectivity index (χ0v) is 19.4. The summed E-state index contributed by atoms with van der Waals surface area (Å²) in [6.45, 7) is 2.31. The van der Waals surface area contributed by atoms with Gasteiger partial charge in [0.15, 0.2) is 0 Å². The molecule has 0 aliphatic heterocycles. The fourth-order valence-electron chi connectivity index (χ4n) is 3.98. The van der Waals surface area contributed by atoms with E-state index < -0.39 is 15.6 Å². The summed E-state index contributed by atoms with van der Waals surface area (Å²) >= 11 is 0. The van der Waals surface area contributed by atoms with Crippen LogP contribution in [0.5, 0.6) is 0 Å². The standard InChI is InChI=1S/C28H28N2O2S/c1-28(25-18-10-4-11-19-25,30-33(31,32)26-20-12-5-13-21-26)22-29-27(23-14-6-2-7-15-23)24-16-8-3-9-17-24/h2-21,27,29-30H,22H2,1H3/t28-/m1/s1. The zero-order valence-electron chi connectivity index (χ0n) is 18.6. The molecule has 0 saturated heterocycles. The molecule has 0 heterocycles. The Morgan fingerprint density at radius 2 is 1.09 bits per heavy atom. The summed E-state index contributed by atoms with van der Waals surface area (Å²) in [6.07, 6.45) is 0. The van der Waals surface area contributed by atoms with Crippen LogP contribution in [0.4, 0.5) is 0 Å². The Morgan fingerprint density at radius 1 is 0.667 bits per heavy atom. The Labute approximate surface area is 196 Å². The molecule has 0 aliphatic rings. The first-order valence-corrected chi connectivity index (χ1v) is 12.4. The van der Waals surface area contributed by atoms with Crippen molar-refractivity contribution in [2.75, 3.05) is 6.54 Å². The molecule has 0 unspecified atom stereocenters. The quantitative estimate of drug-likeness (QED) is 0.361. The van der Waals surface area contributed by atoms with E-state index in [1.807, 2.05) is 73.7 Å². The second-order valence-corrected chi connectivity index (χ2v) is 9.93. The molecule has 4 aromatic rings. The van der Waals surface area contributed by atoms with E-state index in [1.54, 1.807) is 30.3 Å². The van der Waals surface area contributed by atoms with Crippen molar-refractivity contribution in [1.82, 2.24) is 10.0 Å². The van der Waals surface area contributed by atoms with Crippen LogP contribution in [0, 0.1) is 0 Å². The lowest BCUT2D eigenvalue weighted by Crippen LogP contribution is -2.50. The van der Waals surface area contributed by atoms with Crippen molar-refractivity contribution in [3.05, 3.63) is 138 Å². The third kappa shape index (κ3) is 5.57. The van der Waals surface area contributed by atoms with E-state index in [0.29, 0.717) is 6.54 Å². The average molecular weight is 457 g/mol. The first-order valence-electron chi connectivity index (χ1n) is 11.0. The number of benzene rings is 4. The first kappa shape index (κ1) is 22.9. The molecular formula is C28H28N2O2S. The molecule has 4 aromatic carbocycles. The van der Waals surface area contributed by atoms with Crippen LogP contribution in [-0.2, 0) is 15.6 Å². The molecule has 168 valence electrons. The van der Waals surface area contributed by atoms with Crippen molar-refractivity contribution in [2.45, 2.75) is 23.4 Å². The highest BCUT2D eigenvalue weighted by Gasteiger charge is 2.33. The Hall–Kier alpha value is -3.25. The summed E-state index contributed by atoms with van der Waals surface area (Å²) in [6, 6.07) is 38.5. The lowest BCUT2D eigenvalue weighted by molar-refractivity contribution is 0.385. The molecular weight excluding hydrogens is 428 g/mol. The molecule has 0 amide bonds. The fraction of sp³-hybridized carbons (Fsp3) is 0.143. The minimum absolute atomic E-state index is 0.0864. The van der Waals surface area contributed by atoms with E-state index in [0.717, 1.165) is 16.7 Å². The van der Waals surface area contributed by atoms with E-state index in [4.69, 9.17) is 0 Å². The Balaban J connectivity index is 1.68. The number of rotatable bonds is 9. The minimum Gasteiger partial charge on any atom is -0.304 e. The van der Waals surface area contributed by atoms with Crippen LogP contribution in [0.1, 0.15) is 29.7 Å². The van der Waals surface area contributed by atoms with E-state index in [1.165, 1.54) is 0 Å². The van der Waals surface area contributed by atoms with Crippen LogP contribution in [-0.4, -0.2) is 15.0 Å². The molecule has 4 nitrogen and oxygen atoms in total. The summed E-state index contributed by atoms with van der Waals surface area (Å²) < 4.78 is 29.5. The molecule has 0 aromatic heterocycles. The van der Waals surface area contributed by atoms with Crippen molar-refractivity contribution in [1.29, 1.82) is 0 Å². The van der Waals surface area contributed by atoms with Gasteiger partial charge < -0.3 is 5.32 Å². The third-order valence-electron chi connectivity index (χ3n) is 5.75. The molecule has 2 N–H and O–H groups in total. The zero-order chi connectivity index (χ0) is 23.2. The predicted molar refractivity (Wildman–Crippen MR) is 133 cm³/mol. The van der Waals surface area contributed by atoms with E-state index in [2.05, 4.69) is 34.3 Å². The minimum atomic E-state index is -3.73. The SMILES string of the molecule is C[C@](CNC(c1ccccc1)c1ccccc1)(NS(=O)(=O)c1ccccc1)c1ccccc1. The first-order chi connectivity index (χ1) is 16.0. The van der Waals surface area contributed by atoms with Crippen molar-refractivity contribution in [3.63, 3.8) is 0 Å². The Bertz CT molecular complexity index is 1210. The number of nitrogens with one attached hydrogen (secondary N) is 2. The van der Waals surface area contributed by atoms with E-state index in [-0.39, 0.29) is 10.9 Å². The highest BCUT2D eigenvalue weighted by molar-refractivity contribution is 7.89. The van der Waals surface area contributed by atoms with Crippen LogP contribution in [0.3, 0.4) is 0 Å². The summed E-state index contributed by atoms with van der Waals surface area (Å²) in [4.78, 5) is 0.245. The average Bonchev–Trinajstić information content (AvgIpc) is 2.86. The van der Waals surface area contributed by atoms with E-state index >= 15 is 0 Å². The maximum Gasteiger partial charge on any atom is 0.241 e. The molecule has 0 saturated carbocycles. The van der Waals surface area contributed by atoms with Gasteiger partial charge in [0.1, 0.15) is 0 Å². The van der Waals surface area contributed by atoms with Gasteiger partial charge in [0, 0.05) is 6.54 Å². The molecule has 0 aliphatic carbocycles. The van der Waals surface area contributed by atoms with Crippen molar-refractivity contribution in [2.24, 2.45) is 0 Å². The molecule has 0 spiro atoms. The number of hydrogen-bond donors (Lipinski definition) is 2. The second-order valence-electron chi connectivity index (χ2n) is 8.25. The van der Waals surface area contributed by atoms with Gasteiger partial charge in [0.05, 0.1) is 16.5 Å². The molecule has 4 rings (SSSR count). The van der Waals surface area contributed by atoms with Gasteiger partial charge in [-0.05, 0) is 35.7 Å². The smallest absolute Gasteiger partial charge is 0.241 e. The van der Waals surface area contributed by atoms with Crippen LogP contribution < -0.4 is 10.0 Å². The Morgan fingerprint density at radius 3 is 1.58 bits per heavy atom. The molecule has 33 heavy (non-hydrogen) atoms. The van der Waals surface area contributed by atoms with E-state index in [9.17, 15) is 8.42 Å². The number of sulfonamides is 1. The van der Waals surface area contributed by atoms with Gasteiger partial charge >= 0.3 is 0 Å². The summed E-state index contributed by atoms with van der Waals surface area (Å²) in [5.74, 6) is 0. The summed E-state index contributed by atoms with van der Waals surface area (Å²) in [7, 11) is -3.73. The van der Waals surface area contributed by atoms with Gasteiger partial charge in [-0.2, -0.15) is 4.72 Å². The van der Waals surface area contributed by atoms with Crippen LogP contribution in [0.15, 0.2) is 126 Å². The van der Waals surface area contributed by atoms with Gasteiger partial charge in [-0.1, -0.05) is 109 Å². The number of hydrogen-bond acceptors (Lipinski definition) is 3. The van der Waals surface area contributed by atoms with Crippen molar-refractivity contribution >= 4 is 10.0 Å². The molecule has 5 heteroatoms. The lowest BCUT2D eigenvalue weighted by Gasteiger charge is -2.33. The topological polar surface area (TPSA) is 58.2 Å². The van der Waals surface area contributed by atoms with Crippen molar-refractivity contribution in [3.8, 4) is 0 Å². The monoisotopic (exact) mass is 456 g/mol. The Kier molecular flexibility index (Phi) is 7.04. The van der Waals surface area contributed by atoms with Gasteiger partial charge in [0.2, 0.25) is 10.0 Å². The maximum absolute atomic E-state index is 13.3. The van der Waals surface area contributed by atoms with Crippen molar-refractivity contribution < 1.29 is 8.42 Å². The van der Waals surface area contributed by atoms with Gasteiger partial charge in [-0.25, -0.2) is 8.42 Å². The molecule has 1 atom stereocenters. The third-order valence-corrected chi connectivity index (χ3v) is 7.36. The second kappa shape index (κ2) is 10.1. The molecule has 0 bridgehead atoms.